The smallest absolute Gasteiger partial charge is 0.241 e. The Balaban J connectivity index is 1.56. The molecule has 2 atom stereocenters. The second-order valence-corrected chi connectivity index (χ2v) is 10.2. The van der Waals surface area contributed by atoms with Crippen molar-refractivity contribution in [2.24, 2.45) is 5.92 Å². The number of amides is 1. The molecule has 2 aromatic rings. The number of rotatable bonds is 10. The van der Waals surface area contributed by atoms with Crippen molar-refractivity contribution in [3.63, 3.8) is 0 Å². The summed E-state index contributed by atoms with van der Waals surface area (Å²) in [6.45, 7) is 6.86. The molecule has 8 nitrogen and oxygen atoms in total. The highest BCUT2D eigenvalue weighted by molar-refractivity contribution is 7.89. The zero-order chi connectivity index (χ0) is 23.8. The Morgan fingerprint density at radius 1 is 1.15 bits per heavy atom. The largest absolute Gasteiger partial charge is 0.497 e. The summed E-state index contributed by atoms with van der Waals surface area (Å²) >= 11 is 0. The summed E-state index contributed by atoms with van der Waals surface area (Å²) in [5, 5.41) is 2.87. The fourth-order valence-electron chi connectivity index (χ4n) is 3.70. The molecule has 0 spiro atoms. The first-order chi connectivity index (χ1) is 15.8. The van der Waals surface area contributed by atoms with Crippen LogP contribution in [0.4, 0.5) is 0 Å². The predicted molar refractivity (Wildman–Crippen MR) is 126 cm³/mol. The van der Waals surface area contributed by atoms with Gasteiger partial charge in [-0.3, -0.25) is 9.69 Å². The van der Waals surface area contributed by atoms with Gasteiger partial charge in [-0.25, -0.2) is 8.42 Å². The fourth-order valence-corrected chi connectivity index (χ4v) is 5.04. The maximum atomic E-state index is 12.9. The maximum Gasteiger partial charge on any atom is 0.241 e. The van der Waals surface area contributed by atoms with E-state index in [2.05, 4.69) is 27.1 Å². The molecule has 180 valence electrons. The van der Waals surface area contributed by atoms with Gasteiger partial charge in [-0.1, -0.05) is 44.2 Å². The average Bonchev–Trinajstić information content (AvgIpc) is 2.82. The molecule has 1 amide bonds. The molecule has 9 heteroatoms. The Kier molecular flexibility index (Phi) is 8.85. The van der Waals surface area contributed by atoms with E-state index in [0.717, 1.165) is 13.1 Å². The number of hydrogen-bond acceptors (Lipinski definition) is 6. The first kappa shape index (κ1) is 25.2. The number of carbonyl (C=O) groups excluding carboxylic acids is 1. The quantitative estimate of drug-likeness (QED) is 0.546. The second kappa shape index (κ2) is 11.6. The van der Waals surface area contributed by atoms with Gasteiger partial charge in [0, 0.05) is 26.2 Å². The molecule has 2 aromatic carbocycles. The summed E-state index contributed by atoms with van der Waals surface area (Å²) in [4.78, 5) is 15.3. The second-order valence-electron chi connectivity index (χ2n) is 8.48. The lowest BCUT2D eigenvalue weighted by Gasteiger charge is -2.33. The van der Waals surface area contributed by atoms with E-state index in [1.54, 1.807) is 26.0 Å². The highest BCUT2D eigenvalue weighted by Crippen LogP contribution is 2.17. The lowest BCUT2D eigenvalue weighted by molar-refractivity contribution is -0.124. The van der Waals surface area contributed by atoms with Gasteiger partial charge in [-0.15, -0.1) is 0 Å². The van der Waals surface area contributed by atoms with Gasteiger partial charge in [0.05, 0.1) is 24.7 Å². The van der Waals surface area contributed by atoms with Crippen molar-refractivity contribution in [2.45, 2.75) is 37.4 Å². The molecule has 0 radical (unpaired) electrons. The zero-order valence-corrected chi connectivity index (χ0v) is 20.2. The highest BCUT2D eigenvalue weighted by atomic mass is 32.2. The third-order valence-corrected chi connectivity index (χ3v) is 7.03. The molecule has 1 fully saturated rings. The number of nitrogens with one attached hydrogen (secondary N) is 2. The number of morpholine rings is 1. The standard InChI is InChI=1S/C24H33N3O5S/c1-18(2)23(26-33(29,30)22-11-9-20(31-3)10-12-22)24(28)25-15-21-17-27(13-14-32-21)16-19-7-5-4-6-8-19/h4-12,18,21,23,26H,13-17H2,1-3H3,(H,25,28)/t21?,23-/m0/s1. The zero-order valence-electron chi connectivity index (χ0n) is 19.4. The minimum Gasteiger partial charge on any atom is -0.497 e. The molecule has 3 rings (SSSR count). The maximum absolute atomic E-state index is 12.9. The van der Waals surface area contributed by atoms with Crippen LogP contribution < -0.4 is 14.8 Å². The van der Waals surface area contributed by atoms with Gasteiger partial charge in [0.2, 0.25) is 15.9 Å². The van der Waals surface area contributed by atoms with E-state index in [9.17, 15) is 13.2 Å². The van der Waals surface area contributed by atoms with E-state index in [1.807, 2.05) is 18.2 Å². The van der Waals surface area contributed by atoms with Gasteiger partial charge in [-0.2, -0.15) is 4.72 Å². The lowest BCUT2D eigenvalue weighted by atomic mass is 10.0. The van der Waals surface area contributed by atoms with E-state index in [1.165, 1.54) is 24.8 Å². The SMILES string of the molecule is COc1ccc(S(=O)(=O)N[C@H](C(=O)NCC2CN(Cc3ccccc3)CCO2)C(C)C)cc1. The van der Waals surface area contributed by atoms with E-state index < -0.39 is 16.1 Å². The van der Waals surface area contributed by atoms with Gasteiger partial charge < -0.3 is 14.8 Å². The van der Waals surface area contributed by atoms with Gasteiger partial charge in [-0.05, 0) is 35.7 Å². The minimum atomic E-state index is -3.87. The van der Waals surface area contributed by atoms with Crippen LogP contribution in [0.1, 0.15) is 19.4 Å². The molecule has 1 aliphatic rings. The number of sulfonamides is 1. The van der Waals surface area contributed by atoms with Crippen LogP contribution in [0.5, 0.6) is 5.75 Å². The summed E-state index contributed by atoms with van der Waals surface area (Å²) in [6, 6.07) is 15.4. The fraction of sp³-hybridized carbons (Fsp3) is 0.458. The Bertz CT molecular complexity index is 997. The molecule has 0 aliphatic carbocycles. The Labute approximate surface area is 196 Å². The summed E-state index contributed by atoms with van der Waals surface area (Å²) in [6.07, 6.45) is -0.155. The lowest BCUT2D eigenvalue weighted by Crippen LogP contribution is -2.53. The van der Waals surface area contributed by atoms with Crippen molar-refractivity contribution in [1.29, 1.82) is 0 Å². The summed E-state index contributed by atoms with van der Waals surface area (Å²) in [7, 11) is -2.36. The van der Waals surface area contributed by atoms with Crippen LogP contribution in [0.25, 0.3) is 0 Å². The van der Waals surface area contributed by atoms with Crippen LogP contribution in [0, 0.1) is 5.92 Å². The number of carbonyl (C=O) groups is 1. The van der Waals surface area contributed by atoms with Crippen LogP contribution in [-0.2, 0) is 26.1 Å². The van der Waals surface area contributed by atoms with Crippen LogP contribution in [0.15, 0.2) is 59.5 Å². The van der Waals surface area contributed by atoms with Crippen molar-refractivity contribution < 1.29 is 22.7 Å². The van der Waals surface area contributed by atoms with Crippen molar-refractivity contribution in [1.82, 2.24) is 14.9 Å². The van der Waals surface area contributed by atoms with Crippen LogP contribution in [-0.4, -0.2) is 64.7 Å². The molecular formula is C24H33N3O5S. The van der Waals surface area contributed by atoms with Crippen molar-refractivity contribution in [2.75, 3.05) is 33.4 Å². The molecular weight excluding hydrogens is 442 g/mol. The van der Waals surface area contributed by atoms with Gasteiger partial charge in [0.15, 0.2) is 0 Å². The number of nitrogens with zero attached hydrogens (tertiary/aromatic N) is 1. The normalized spacial score (nSPS) is 18.1. The van der Waals surface area contributed by atoms with Crippen molar-refractivity contribution in [3.05, 3.63) is 60.2 Å². The third kappa shape index (κ3) is 7.26. The van der Waals surface area contributed by atoms with Gasteiger partial charge >= 0.3 is 0 Å². The first-order valence-electron chi connectivity index (χ1n) is 11.1. The topological polar surface area (TPSA) is 97.0 Å². The number of methoxy groups -OCH3 is 1. The Morgan fingerprint density at radius 2 is 1.85 bits per heavy atom. The molecule has 1 aliphatic heterocycles. The summed E-state index contributed by atoms with van der Waals surface area (Å²) in [5.41, 5.74) is 1.23. The third-order valence-electron chi connectivity index (χ3n) is 5.58. The average molecular weight is 476 g/mol. The number of hydrogen-bond donors (Lipinski definition) is 2. The molecule has 2 N–H and O–H groups in total. The monoisotopic (exact) mass is 475 g/mol. The van der Waals surface area contributed by atoms with E-state index in [0.29, 0.717) is 25.4 Å². The minimum absolute atomic E-state index is 0.0777. The summed E-state index contributed by atoms with van der Waals surface area (Å²) in [5.74, 6) is -0.0494. The number of benzene rings is 2. The van der Waals surface area contributed by atoms with E-state index in [4.69, 9.17) is 9.47 Å². The highest BCUT2D eigenvalue weighted by Gasteiger charge is 2.29. The summed E-state index contributed by atoms with van der Waals surface area (Å²) < 4.78 is 39.1. The molecule has 0 bridgehead atoms. The van der Waals surface area contributed by atoms with Gasteiger partial charge in [0.25, 0.3) is 0 Å². The van der Waals surface area contributed by atoms with Crippen LogP contribution in [0.2, 0.25) is 0 Å². The molecule has 0 saturated carbocycles. The molecule has 1 saturated heterocycles. The molecule has 0 aromatic heterocycles. The van der Waals surface area contributed by atoms with Crippen molar-refractivity contribution in [3.8, 4) is 5.75 Å². The van der Waals surface area contributed by atoms with Crippen LogP contribution >= 0.6 is 0 Å². The van der Waals surface area contributed by atoms with Crippen LogP contribution in [0.3, 0.4) is 0 Å². The van der Waals surface area contributed by atoms with Gasteiger partial charge in [0.1, 0.15) is 11.8 Å². The predicted octanol–water partition coefficient (Wildman–Crippen LogP) is 2.02. The van der Waals surface area contributed by atoms with E-state index in [-0.39, 0.29) is 22.8 Å². The van der Waals surface area contributed by atoms with Crippen molar-refractivity contribution >= 4 is 15.9 Å². The molecule has 1 heterocycles. The Morgan fingerprint density at radius 3 is 2.48 bits per heavy atom. The first-order valence-corrected chi connectivity index (χ1v) is 12.6. The molecule has 33 heavy (non-hydrogen) atoms. The Hall–Kier alpha value is -2.46. The molecule has 1 unspecified atom stereocenters. The number of ether oxygens (including phenoxy) is 2. The van der Waals surface area contributed by atoms with E-state index >= 15 is 0 Å².